The molecule has 0 aliphatic rings. The van der Waals surface area contributed by atoms with Gasteiger partial charge in [-0.15, -0.1) is 0 Å². The molecule has 0 unspecified atom stereocenters. The summed E-state index contributed by atoms with van der Waals surface area (Å²) in [5, 5.41) is 9.84. The standard InChI is InChI=1S/C17H11BrCl3F4N5O/c18-8-5-29(4-7-1-2-9(19)10(20)3-7)28-17(8)26-11(31)6-30-14(16(24)25)12(21)13(27-30)15(22)23/h1-3,5,15-16H,4,6H2,(H,26,28,31). The first-order valence-corrected chi connectivity index (χ1v) is 10.3. The van der Waals surface area contributed by atoms with Crippen LogP contribution in [-0.4, -0.2) is 25.5 Å². The maximum Gasteiger partial charge on any atom is 0.283 e. The lowest BCUT2D eigenvalue weighted by Crippen LogP contribution is -2.21. The summed E-state index contributed by atoms with van der Waals surface area (Å²) in [5.74, 6) is -0.724. The fourth-order valence-electron chi connectivity index (χ4n) is 2.64. The molecule has 0 saturated carbocycles. The number of carbonyl (C=O) groups excluding carboxylic acids is 1. The number of alkyl halides is 4. The molecular formula is C17H11BrCl3F4N5O. The summed E-state index contributed by atoms with van der Waals surface area (Å²) < 4.78 is 54.6. The Labute approximate surface area is 196 Å². The van der Waals surface area contributed by atoms with E-state index in [9.17, 15) is 22.4 Å². The maximum atomic E-state index is 13.2. The zero-order valence-corrected chi connectivity index (χ0v) is 19.0. The Kier molecular flexibility index (Phi) is 7.51. The van der Waals surface area contributed by atoms with E-state index in [0.29, 0.717) is 25.7 Å². The number of halogens is 8. The summed E-state index contributed by atoms with van der Waals surface area (Å²) in [5.41, 5.74) is -1.19. The summed E-state index contributed by atoms with van der Waals surface area (Å²) in [7, 11) is 0. The fraction of sp³-hybridized carbons (Fsp3) is 0.235. The summed E-state index contributed by atoms with van der Waals surface area (Å²) >= 11 is 20.7. The summed E-state index contributed by atoms with van der Waals surface area (Å²) in [6, 6.07) is 5.03. The number of amides is 1. The molecule has 3 rings (SSSR count). The third-order valence-electron chi connectivity index (χ3n) is 3.97. The van der Waals surface area contributed by atoms with Crippen LogP contribution in [0.1, 0.15) is 29.8 Å². The lowest BCUT2D eigenvalue weighted by atomic mass is 10.2. The topological polar surface area (TPSA) is 64.7 Å². The van der Waals surface area contributed by atoms with Crippen LogP contribution in [-0.2, 0) is 17.9 Å². The predicted molar refractivity (Wildman–Crippen MR) is 111 cm³/mol. The largest absolute Gasteiger partial charge is 0.307 e. The van der Waals surface area contributed by atoms with Gasteiger partial charge < -0.3 is 5.32 Å². The Morgan fingerprint density at radius 1 is 1.10 bits per heavy atom. The molecule has 1 N–H and O–H groups in total. The van der Waals surface area contributed by atoms with Crippen LogP contribution in [0.15, 0.2) is 28.9 Å². The molecule has 6 nitrogen and oxygen atoms in total. The first kappa shape index (κ1) is 23.8. The van der Waals surface area contributed by atoms with Gasteiger partial charge in [-0.1, -0.05) is 40.9 Å². The van der Waals surface area contributed by atoms with E-state index in [1.807, 2.05) is 0 Å². The van der Waals surface area contributed by atoms with Gasteiger partial charge in [-0.3, -0.25) is 14.2 Å². The van der Waals surface area contributed by atoms with Crippen molar-refractivity contribution in [3.05, 3.63) is 60.9 Å². The second-order valence-electron chi connectivity index (χ2n) is 6.16. The normalized spacial score (nSPS) is 11.5. The maximum absolute atomic E-state index is 13.2. The van der Waals surface area contributed by atoms with Crippen LogP contribution in [0, 0.1) is 0 Å². The first-order valence-electron chi connectivity index (χ1n) is 8.36. The van der Waals surface area contributed by atoms with Gasteiger partial charge in [-0.2, -0.15) is 10.2 Å². The molecule has 0 radical (unpaired) electrons. The van der Waals surface area contributed by atoms with Crippen LogP contribution in [0.5, 0.6) is 0 Å². The number of nitrogens with zero attached hydrogens (tertiary/aromatic N) is 4. The molecule has 0 fully saturated rings. The van der Waals surface area contributed by atoms with E-state index in [0.717, 1.165) is 5.56 Å². The second kappa shape index (κ2) is 9.76. The SMILES string of the molecule is O=C(Cn1nc(C(F)F)c(Cl)c1C(F)F)Nc1nn(Cc2ccc(Cl)c(Cl)c2)cc1Br. The molecule has 1 aromatic carbocycles. The van der Waals surface area contributed by atoms with Crippen molar-refractivity contribution < 1.29 is 22.4 Å². The lowest BCUT2D eigenvalue weighted by Gasteiger charge is -2.07. The summed E-state index contributed by atoms with van der Waals surface area (Å²) in [6.07, 6.45) is -4.79. The molecule has 0 spiro atoms. The van der Waals surface area contributed by atoms with Crippen molar-refractivity contribution in [2.75, 3.05) is 5.32 Å². The minimum atomic E-state index is -3.20. The van der Waals surface area contributed by atoms with Crippen LogP contribution >= 0.6 is 50.7 Å². The Hall–Kier alpha value is -1.82. The van der Waals surface area contributed by atoms with Gasteiger partial charge in [0.25, 0.3) is 12.9 Å². The lowest BCUT2D eigenvalue weighted by molar-refractivity contribution is -0.117. The molecule has 0 atom stereocenters. The monoisotopic (exact) mass is 561 g/mol. The molecular weight excluding hydrogens is 552 g/mol. The molecule has 2 aromatic heterocycles. The first-order chi connectivity index (χ1) is 14.6. The van der Waals surface area contributed by atoms with Crippen molar-refractivity contribution in [1.82, 2.24) is 19.6 Å². The molecule has 31 heavy (non-hydrogen) atoms. The minimum absolute atomic E-state index is 0.0935. The van der Waals surface area contributed by atoms with E-state index in [4.69, 9.17) is 34.8 Å². The van der Waals surface area contributed by atoms with Crippen molar-refractivity contribution in [2.24, 2.45) is 0 Å². The van der Waals surface area contributed by atoms with Crippen molar-refractivity contribution in [3.8, 4) is 0 Å². The zero-order valence-electron chi connectivity index (χ0n) is 15.1. The number of benzene rings is 1. The minimum Gasteiger partial charge on any atom is -0.307 e. The van der Waals surface area contributed by atoms with E-state index in [1.165, 1.54) is 4.68 Å². The van der Waals surface area contributed by atoms with Gasteiger partial charge in [0.05, 0.1) is 26.1 Å². The number of hydrogen-bond donors (Lipinski definition) is 1. The van der Waals surface area contributed by atoms with Crippen molar-refractivity contribution in [1.29, 1.82) is 0 Å². The number of nitrogens with one attached hydrogen (secondary N) is 1. The Morgan fingerprint density at radius 3 is 2.42 bits per heavy atom. The Bertz CT molecular complexity index is 1120. The van der Waals surface area contributed by atoms with Gasteiger partial charge in [0, 0.05) is 6.20 Å². The van der Waals surface area contributed by atoms with Crippen LogP contribution in [0.25, 0.3) is 0 Å². The highest BCUT2D eigenvalue weighted by atomic mass is 79.9. The van der Waals surface area contributed by atoms with E-state index < -0.39 is 41.7 Å². The summed E-state index contributed by atoms with van der Waals surface area (Å²) in [6.45, 7) is -0.467. The Balaban J connectivity index is 1.74. The van der Waals surface area contributed by atoms with Crippen molar-refractivity contribution in [2.45, 2.75) is 25.9 Å². The molecule has 2 heterocycles. The van der Waals surface area contributed by atoms with Gasteiger partial charge in [-0.25, -0.2) is 17.6 Å². The van der Waals surface area contributed by atoms with Crippen molar-refractivity contribution in [3.63, 3.8) is 0 Å². The predicted octanol–water partition coefficient (Wildman–Crippen LogP) is 6.36. The van der Waals surface area contributed by atoms with E-state index >= 15 is 0 Å². The molecule has 3 aromatic rings. The molecule has 0 bridgehead atoms. The van der Waals surface area contributed by atoms with Gasteiger partial charge in [0.2, 0.25) is 5.91 Å². The number of aromatic nitrogens is 4. The van der Waals surface area contributed by atoms with E-state index in [2.05, 4.69) is 31.4 Å². The zero-order chi connectivity index (χ0) is 22.9. The van der Waals surface area contributed by atoms with Gasteiger partial charge in [0.1, 0.15) is 17.9 Å². The van der Waals surface area contributed by atoms with Gasteiger partial charge >= 0.3 is 0 Å². The Morgan fingerprint density at radius 2 is 1.81 bits per heavy atom. The van der Waals surface area contributed by atoms with Crippen LogP contribution < -0.4 is 5.32 Å². The molecule has 166 valence electrons. The third kappa shape index (κ3) is 5.51. The summed E-state index contributed by atoms with van der Waals surface area (Å²) in [4.78, 5) is 12.3. The highest BCUT2D eigenvalue weighted by molar-refractivity contribution is 9.10. The number of anilines is 1. The highest BCUT2D eigenvalue weighted by Gasteiger charge is 2.29. The van der Waals surface area contributed by atoms with Gasteiger partial charge in [-0.05, 0) is 33.6 Å². The quantitative estimate of drug-likeness (QED) is 0.340. The average Bonchev–Trinajstić information content (AvgIpc) is 3.17. The second-order valence-corrected chi connectivity index (χ2v) is 8.21. The number of hydrogen-bond acceptors (Lipinski definition) is 3. The fourth-order valence-corrected chi connectivity index (χ4v) is 3.67. The van der Waals surface area contributed by atoms with E-state index in [-0.39, 0.29) is 5.82 Å². The number of carbonyl (C=O) groups is 1. The van der Waals surface area contributed by atoms with Crippen LogP contribution in [0.3, 0.4) is 0 Å². The van der Waals surface area contributed by atoms with Crippen LogP contribution in [0.4, 0.5) is 23.4 Å². The molecule has 0 aliphatic heterocycles. The molecule has 0 saturated heterocycles. The van der Waals surface area contributed by atoms with E-state index in [1.54, 1.807) is 24.4 Å². The molecule has 1 amide bonds. The van der Waals surface area contributed by atoms with Gasteiger partial charge in [0.15, 0.2) is 5.82 Å². The smallest absolute Gasteiger partial charge is 0.283 e. The third-order valence-corrected chi connectivity index (χ3v) is 5.67. The molecule has 0 aliphatic carbocycles. The highest BCUT2D eigenvalue weighted by Crippen LogP contribution is 2.34. The molecule has 14 heteroatoms. The average molecular weight is 564 g/mol. The van der Waals surface area contributed by atoms with Crippen LogP contribution in [0.2, 0.25) is 15.1 Å². The van der Waals surface area contributed by atoms with Crippen molar-refractivity contribution >= 4 is 62.5 Å². The number of rotatable bonds is 7.